The number of nitrogens with zero attached hydrogens (tertiary/aromatic N) is 3. The fraction of sp³-hybridized carbons (Fsp3) is 0.500. The SMILES string of the molecule is CCn1cc([C@H]2CN(S(=O)(=O)c3ccc4c(c3)C[C@@H](C)O4)CCO2)cn1. The van der Waals surface area contributed by atoms with Crippen molar-refractivity contribution >= 4 is 10.0 Å². The number of rotatable bonds is 4. The van der Waals surface area contributed by atoms with Crippen LogP contribution in [0.4, 0.5) is 0 Å². The zero-order valence-electron chi connectivity index (χ0n) is 15.0. The van der Waals surface area contributed by atoms with E-state index in [1.54, 1.807) is 24.4 Å². The van der Waals surface area contributed by atoms with Crippen molar-refractivity contribution in [2.75, 3.05) is 19.7 Å². The average Bonchev–Trinajstić information content (AvgIpc) is 3.26. The van der Waals surface area contributed by atoms with Crippen molar-refractivity contribution < 1.29 is 17.9 Å². The summed E-state index contributed by atoms with van der Waals surface area (Å²) in [5.74, 6) is 0.781. The number of sulfonamides is 1. The van der Waals surface area contributed by atoms with Crippen LogP contribution in [-0.4, -0.2) is 48.3 Å². The Morgan fingerprint density at radius 3 is 2.96 bits per heavy atom. The highest BCUT2D eigenvalue weighted by molar-refractivity contribution is 7.89. The van der Waals surface area contributed by atoms with Crippen molar-refractivity contribution in [2.24, 2.45) is 0 Å². The second kappa shape index (κ2) is 6.68. The fourth-order valence-electron chi connectivity index (χ4n) is 3.47. The summed E-state index contributed by atoms with van der Waals surface area (Å²) in [5.41, 5.74) is 1.86. The molecule has 2 aliphatic rings. The molecule has 0 radical (unpaired) electrons. The van der Waals surface area contributed by atoms with Crippen LogP contribution in [0.5, 0.6) is 5.75 Å². The monoisotopic (exact) mass is 377 g/mol. The smallest absolute Gasteiger partial charge is 0.243 e. The van der Waals surface area contributed by atoms with E-state index in [4.69, 9.17) is 9.47 Å². The van der Waals surface area contributed by atoms with Gasteiger partial charge in [0.15, 0.2) is 0 Å². The van der Waals surface area contributed by atoms with Gasteiger partial charge < -0.3 is 9.47 Å². The van der Waals surface area contributed by atoms with Gasteiger partial charge in [-0.05, 0) is 37.6 Å². The Balaban J connectivity index is 1.57. The van der Waals surface area contributed by atoms with Crippen LogP contribution in [0.3, 0.4) is 0 Å². The number of hydrogen-bond acceptors (Lipinski definition) is 5. The molecule has 0 amide bonds. The van der Waals surface area contributed by atoms with Crippen LogP contribution < -0.4 is 4.74 Å². The number of aryl methyl sites for hydroxylation is 1. The molecule has 1 saturated heterocycles. The van der Waals surface area contributed by atoms with E-state index in [9.17, 15) is 8.42 Å². The molecular formula is C18H23N3O4S. The Morgan fingerprint density at radius 1 is 1.35 bits per heavy atom. The minimum Gasteiger partial charge on any atom is -0.490 e. The summed E-state index contributed by atoms with van der Waals surface area (Å²) in [5, 5.41) is 4.26. The first kappa shape index (κ1) is 17.5. The Hall–Kier alpha value is -1.90. The largest absolute Gasteiger partial charge is 0.490 e. The number of morpholine rings is 1. The van der Waals surface area contributed by atoms with Crippen LogP contribution >= 0.6 is 0 Å². The maximum absolute atomic E-state index is 13.1. The molecule has 0 unspecified atom stereocenters. The molecule has 1 fully saturated rings. The predicted molar refractivity (Wildman–Crippen MR) is 95.6 cm³/mol. The van der Waals surface area contributed by atoms with Crippen LogP contribution in [-0.2, 0) is 27.7 Å². The summed E-state index contributed by atoms with van der Waals surface area (Å²) in [6, 6.07) is 5.13. The van der Waals surface area contributed by atoms with Crippen molar-refractivity contribution in [3.63, 3.8) is 0 Å². The zero-order chi connectivity index (χ0) is 18.3. The Labute approximate surface area is 153 Å². The second-order valence-corrected chi connectivity index (χ2v) is 8.69. The lowest BCUT2D eigenvalue weighted by molar-refractivity contribution is -0.00260. The lowest BCUT2D eigenvalue weighted by Crippen LogP contribution is -2.42. The van der Waals surface area contributed by atoms with Crippen molar-refractivity contribution in [2.45, 2.75) is 43.9 Å². The molecule has 0 N–H and O–H groups in total. The second-order valence-electron chi connectivity index (χ2n) is 6.75. The molecule has 0 saturated carbocycles. The highest BCUT2D eigenvalue weighted by atomic mass is 32.2. The highest BCUT2D eigenvalue weighted by Gasteiger charge is 2.33. The van der Waals surface area contributed by atoms with Gasteiger partial charge in [0.25, 0.3) is 0 Å². The first-order chi connectivity index (χ1) is 12.5. The molecule has 1 aromatic heterocycles. The lowest BCUT2D eigenvalue weighted by Gasteiger charge is -2.31. The van der Waals surface area contributed by atoms with Gasteiger partial charge in [-0.2, -0.15) is 9.40 Å². The van der Waals surface area contributed by atoms with Gasteiger partial charge in [-0.15, -0.1) is 0 Å². The minimum atomic E-state index is -3.57. The topological polar surface area (TPSA) is 73.7 Å². The molecule has 7 nitrogen and oxygen atoms in total. The predicted octanol–water partition coefficient (Wildman–Crippen LogP) is 1.99. The van der Waals surface area contributed by atoms with Gasteiger partial charge in [-0.25, -0.2) is 8.42 Å². The molecule has 1 aromatic carbocycles. The van der Waals surface area contributed by atoms with E-state index in [1.807, 2.05) is 24.7 Å². The van der Waals surface area contributed by atoms with Gasteiger partial charge in [0.1, 0.15) is 11.9 Å². The summed E-state index contributed by atoms with van der Waals surface area (Å²) in [6.45, 7) is 5.77. The van der Waals surface area contributed by atoms with Gasteiger partial charge in [-0.3, -0.25) is 4.68 Å². The molecule has 2 aromatic rings. The van der Waals surface area contributed by atoms with Crippen LogP contribution in [0.1, 0.15) is 31.1 Å². The number of fused-ring (bicyclic) bond motifs is 1. The summed E-state index contributed by atoms with van der Waals surface area (Å²) in [7, 11) is -3.57. The number of hydrogen-bond donors (Lipinski definition) is 0. The Bertz CT molecular complexity index is 909. The molecule has 0 spiro atoms. The van der Waals surface area contributed by atoms with Crippen LogP contribution in [0, 0.1) is 0 Å². The molecule has 140 valence electrons. The summed E-state index contributed by atoms with van der Waals surface area (Å²) in [4.78, 5) is 0.318. The van der Waals surface area contributed by atoms with E-state index >= 15 is 0 Å². The van der Waals surface area contributed by atoms with Gasteiger partial charge >= 0.3 is 0 Å². The van der Waals surface area contributed by atoms with E-state index in [1.165, 1.54) is 4.31 Å². The van der Waals surface area contributed by atoms with Crippen LogP contribution in [0.15, 0.2) is 35.5 Å². The third-order valence-corrected chi connectivity index (χ3v) is 6.74. The van der Waals surface area contributed by atoms with Crippen molar-refractivity contribution in [3.05, 3.63) is 41.7 Å². The molecule has 3 heterocycles. The van der Waals surface area contributed by atoms with Crippen LogP contribution in [0.25, 0.3) is 0 Å². The zero-order valence-corrected chi connectivity index (χ0v) is 15.8. The van der Waals surface area contributed by atoms with Crippen molar-refractivity contribution in [1.29, 1.82) is 0 Å². The molecule has 26 heavy (non-hydrogen) atoms. The number of aromatic nitrogens is 2. The van der Waals surface area contributed by atoms with Crippen molar-refractivity contribution in [1.82, 2.24) is 14.1 Å². The molecule has 2 aliphatic heterocycles. The number of benzene rings is 1. The third kappa shape index (κ3) is 3.13. The maximum Gasteiger partial charge on any atom is 0.243 e. The van der Waals surface area contributed by atoms with Gasteiger partial charge in [0, 0.05) is 37.8 Å². The average molecular weight is 377 g/mol. The summed E-state index contributed by atoms with van der Waals surface area (Å²) < 4.78 is 41.0. The quantitative estimate of drug-likeness (QED) is 0.815. The molecule has 8 heteroatoms. The van der Waals surface area contributed by atoms with E-state index in [0.29, 0.717) is 24.6 Å². The summed E-state index contributed by atoms with van der Waals surface area (Å²) >= 11 is 0. The van der Waals surface area contributed by atoms with E-state index in [0.717, 1.165) is 29.8 Å². The molecular weight excluding hydrogens is 354 g/mol. The first-order valence-corrected chi connectivity index (χ1v) is 10.3. The Morgan fingerprint density at radius 2 is 2.19 bits per heavy atom. The third-order valence-electron chi connectivity index (χ3n) is 4.88. The first-order valence-electron chi connectivity index (χ1n) is 8.91. The van der Waals surface area contributed by atoms with E-state index in [-0.39, 0.29) is 12.2 Å². The fourth-order valence-corrected chi connectivity index (χ4v) is 4.95. The van der Waals surface area contributed by atoms with Gasteiger partial charge in [-0.1, -0.05) is 0 Å². The summed E-state index contributed by atoms with van der Waals surface area (Å²) in [6.07, 6.45) is 4.19. The van der Waals surface area contributed by atoms with Gasteiger partial charge in [0.05, 0.1) is 23.8 Å². The molecule has 2 atom stereocenters. The maximum atomic E-state index is 13.1. The van der Waals surface area contributed by atoms with Crippen LogP contribution in [0.2, 0.25) is 0 Å². The minimum absolute atomic E-state index is 0.0887. The lowest BCUT2D eigenvalue weighted by atomic mass is 10.1. The van der Waals surface area contributed by atoms with E-state index in [2.05, 4.69) is 5.10 Å². The Kier molecular flexibility index (Phi) is 4.50. The molecule has 0 aliphatic carbocycles. The molecule has 0 bridgehead atoms. The normalized spacial score (nSPS) is 23.6. The van der Waals surface area contributed by atoms with E-state index < -0.39 is 10.0 Å². The van der Waals surface area contributed by atoms with Gasteiger partial charge in [0.2, 0.25) is 10.0 Å². The number of ether oxygens (including phenoxy) is 2. The van der Waals surface area contributed by atoms with Crippen molar-refractivity contribution in [3.8, 4) is 5.75 Å². The highest BCUT2D eigenvalue weighted by Crippen LogP contribution is 2.33. The standard InChI is InChI=1S/C18H23N3O4S/c1-3-20-11-15(10-19-20)18-12-21(6-7-24-18)26(22,23)16-4-5-17-14(9-16)8-13(2)25-17/h4-5,9-11,13,18H,3,6-8,12H2,1-2H3/t13-,18-/m1/s1. The molecule has 4 rings (SSSR count).